The number of hydrogen-bond acceptors (Lipinski definition) is 5. The number of unbranched alkanes of at least 4 members (excludes halogenated alkanes) is 1. The molecule has 0 saturated heterocycles. The van der Waals surface area contributed by atoms with Crippen molar-refractivity contribution in [2.24, 2.45) is 0 Å². The molecule has 0 heterocycles. The van der Waals surface area contributed by atoms with Crippen molar-refractivity contribution in [2.75, 3.05) is 13.2 Å². The van der Waals surface area contributed by atoms with E-state index < -0.39 is 30.1 Å². The number of carbonyl (C=O) groups excluding carboxylic acids is 2. The Morgan fingerprint density at radius 3 is 2.21 bits per heavy atom. The van der Waals surface area contributed by atoms with Gasteiger partial charge in [0.05, 0.1) is 6.54 Å². The van der Waals surface area contributed by atoms with Crippen LogP contribution in [-0.2, 0) is 14.3 Å². The summed E-state index contributed by atoms with van der Waals surface area (Å²) in [7, 11) is 0. The lowest BCUT2D eigenvalue weighted by atomic mass is 9.98. The molecular weight excluding hydrogens is 424 g/mol. The van der Waals surface area contributed by atoms with Crippen LogP contribution < -0.4 is 10.6 Å². The standard InChI is InChI=1S/C25H30N2O6/c1-2-3-8-16(13-23(29)26-14-22(28)24(30)31)27-25(32)33-15-21-19-11-6-4-9-17(19)18-10-5-7-12-20(18)21/h4-7,9-12,16,21-22,28H,2-3,8,13-15H2,1H3,(H,26,29)(H,27,32)(H,30,31). The molecule has 8 nitrogen and oxygen atoms in total. The summed E-state index contributed by atoms with van der Waals surface area (Å²) >= 11 is 0. The molecule has 0 aliphatic heterocycles. The van der Waals surface area contributed by atoms with Gasteiger partial charge in [-0.25, -0.2) is 9.59 Å². The summed E-state index contributed by atoms with van der Waals surface area (Å²) in [5, 5.41) is 23.2. The molecule has 1 aliphatic carbocycles. The number of fused-ring (bicyclic) bond motifs is 3. The SMILES string of the molecule is CCCCC(CC(=O)NCC(O)C(=O)O)NC(=O)OCC1c2ccccc2-c2ccccc21. The maximum Gasteiger partial charge on any atom is 0.407 e. The molecule has 2 unspecified atom stereocenters. The van der Waals surface area contributed by atoms with Gasteiger partial charge < -0.3 is 25.6 Å². The summed E-state index contributed by atoms with van der Waals surface area (Å²) in [6, 6.07) is 15.7. The Labute approximate surface area is 193 Å². The van der Waals surface area contributed by atoms with Crippen molar-refractivity contribution in [1.82, 2.24) is 10.6 Å². The second-order valence-corrected chi connectivity index (χ2v) is 8.17. The maximum atomic E-state index is 12.6. The zero-order valence-electron chi connectivity index (χ0n) is 18.6. The molecule has 2 aromatic carbocycles. The van der Waals surface area contributed by atoms with Gasteiger partial charge in [0.1, 0.15) is 6.61 Å². The van der Waals surface area contributed by atoms with Gasteiger partial charge in [0, 0.05) is 18.4 Å². The lowest BCUT2D eigenvalue weighted by Gasteiger charge is -2.20. The lowest BCUT2D eigenvalue weighted by molar-refractivity contribution is -0.146. The molecule has 8 heteroatoms. The molecule has 4 N–H and O–H groups in total. The number of ether oxygens (including phenoxy) is 1. The summed E-state index contributed by atoms with van der Waals surface area (Å²) < 4.78 is 5.56. The normalized spacial score (nSPS) is 14.0. The summed E-state index contributed by atoms with van der Waals surface area (Å²) in [5.74, 6) is -1.91. The van der Waals surface area contributed by atoms with Crippen molar-refractivity contribution in [2.45, 2.75) is 50.7 Å². The van der Waals surface area contributed by atoms with Crippen LogP contribution in [0.1, 0.15) is 49.7 Å². The number of aliphatic carboxylic acids is 1. The number of aliphatic hydroxyl groups is 1. The van der Waals surface area contributed by atoms with Crippen molar-refractivity contribution in [3.8, 4) is 11.1 Å². The van der Waals surface area contributed by atoms with Gasteiger partial charge in [0.15, 0.2) is 6.10 Å². The van der Waals surface area contributed by atoms with E-state index >= 15 is 0 Å². The fourth-order valence-corrected chi connectivity index (χ4v) is 4.08. The van der Waals surface area contributed by atoms with E-state index in [4.69, 9.17) is 9.84 Å². The van der Waals surface area contributed by atoms with Gasteiger partial charge in [-0.1, -0.05) is 68.3 Å². The van der Waals surface area contributed by atoms with Crippen LogP contribution in [0.15, 0.2) is 48.5 Å². The number of aliphatic hydroxyl groups excluding tert-OH is 1. The largest absolute Gasteiger partial charge is 0.479 e. The minimum absolute atomic E-state index is 0.0312. The van der Waals surface area contributed by atoms with Crippen molar-refractivity contribution in [3.05, 3.63) is 59.7 Å². The van der Waals surface area contributed by atoms with Crippen LogP contribution >= 0.6 is 0 Å². The molecular formula is C25H30N2O6. The van der Waals surface area contributed by atoms with E-state index in [1.165, 1.54) is 0 Å². The Kier molecular flexibility index (Phi) is 8.43. The van der Waals surface area contributed by atoms with Gasteiger partial charge in [0.25, 0.3) is 0 Å². The van der Waals surface area contributed by atoms with Crippen LogP contribution in [0.4, 0.5) is 4.79 Å². The van der Waals surface area contributed by atoms with Crippen LogP contribution in [0.25, 0.3) is 11.1 Å². The maximum absolute atomic E-state index is 12.6. The number of nitrogens with one attached hydrogen (secondary N) is 2. The van der Waals surface area contributed by atoms with E-state index in [-0.39, 0.29) is 25.5 Å². The van der Waals surface area contributed by atoms with Crippen molar-refractivity contribution in [1.29, 1.82) is 0 Å². The minimum atomic E-state index is -1.67. The second-order valence-electron chi connectivity index (χ2n) is 8.17. The molecule has 176 valence electrons. The van der Waals surface area contributed by atoms with E-state index in [0.717, 1.165) is 35.1 Å². The molecule has 3 rings (SSSR count). The molecule has 0 radical (unpaired) electrons. The first-order valence-electron chi connectivity index (χ1n) is 11.2. The highest BCUT2D eigenvalue weighted by Crippen LogP contribution is 2.44. The number of hydrogen-bond donors (Lipinski definition) is 4. The Morgan fingerprint density at radius 1 is 1.03 bits per heavy atom. The van der Waals surface area contributed by atoms with E-state index in [1.807, 2.05) is 43.3 Å². The van der Waals surface area contributed by atoms with Crippen LogP contribution in [0.3, 0.4) is 0 Å². The van der Waals surface area contributed by atoms with Crippen LogP contribution in [0, 0.1) is 0 Å². The quantitative estimate of drug-likeness (QED) is 0.414. The molecule has 0 spiro atoms. The molecule has 0 fully saturated rings. The number of benzene rings is 2. The third-order valence-corrected chi connectivity index (χ3v) is 5.78. The Bertz CT molecular complexity index is 947. The van der Waals surface area contributed by atoms with Crippen LogP contribution in [0.5, 0.6) is 0 Å². The molecule has 0 bridgehead atoms. The summed E-state index contributed by atoms with van der Waals surface area (Å²) in [6.07, 6.45) is -0.0253. The molecule has 0 saturated carbocycles. The first-order chi connectivity index (χ1) is 15.9. The van der Waals surface area contributed by atoms with E-state index in [1.54, 1.807) is 0 Å². The Morgan fingerprint density at radius 2 is 1.64 bits per heavy atom. The van der Waals surface area contributed by atoms with Crippen molar-refractivity contribution in [3.63, 3.8) is 0 Å². The zero-order valence-corrected chi connectivity index (χ0v) is 18.6. The monoisotopic (exact) mass is 454 g/mol. The Balaban J connectivity index is 1.57. The fraction of sp³-hybridized carbons (Fsp3) is 0.400. The summed E-state index contributed by atoms with van der Waals surface area (Å²) in [6.45, 7) is 1.80. The van der Waals surface area contributed by atoms with Gasteiger partial charge >= 0.3 is 12.1 Å². The molecule has 1 aliphatic rings. The average Bonchev–Trinajstić information content (AvgIpc) is 3.13. The van der Waals surface area contributed by atoms with Gasteiger partial charge in [-0.2, -0.15) is 0 Å². The third-order valence-electron chi connectivity index (χ3n) is 5.78. The first kappa shape index (κ1) is 24.3. The zero-order chi connectivity index (χ0) is 23.8. The predicted octanol–water partition coefficient (Wildman–Crippen LogP) is 3.04. The topological polar surface area (TPSA) is 125 Å². The number of carbonyl (C=O) groups is 3. The lowest BCUT2D eigenvalue weighted by Crippen LogP contribution is -2.42. The second kappa shape index (κ2) is 11.5. The molecule has 2 aromatic rings. The Hall–Kier alpha value is -3.39. The first-order valence-corrected chi connectivity index (χ1v) is 11.2. The highest BCUT2D eigenvalue weighted by molar-refractivity contribution is 5.80. The van der Waals surface area contributed by atoms with E-state index in [2.05, 4.69) is 22.8 Å². The van der Waals surface area contributed by atoms with Gasteiger partial charge in [0.2, 0.25) is 5.91 Å². The van der Waals surface area contributed by atoms with Crippen LogP contribution in [-0.4, -0.2) is 53.5 Å². The number of rotatable bonds is 11. The van der Waals surface area contributed by atoms with Gasteiger partial charge in [-0.15, -0.1) is 0 Å². The fourth-order valence-electron chi connectivity index (χ4n) is 4.08. The predicted molar refractivity (Wildman–Crippen MR) is 123 cm³/mol. The third kappa shape index (κ3) is 6.32. The smallest absolute Gasteiger partial charge is 0.407 e. The van der Waals surface area contributed by atoms with Crippen LogP contribution in [0.2, 0.25) is 0 Å². The van der Waals surface area contributed by atoms with E-state index in [9.17, 15) is 19.5 Å². The molecule has 33 heavy (non-hydrogen) atoms. The van der Waals surface area contributed by atoms with E-state index in [0.29, 0.717) is 6.42 Å². The van der Waals surface area contributed by atoms with Gasteiger partial charge in [-0.3, -0.25) is 4.79 Å². The molecule has 2 amide bonds. The van der Waals surface area contributed by atoms with Gasteiger partial charge in [-0.05, 0) is 28.7 Å². The number of carboxylic acids is 1. The average molecular weight is 455 g/mol. The van der Waals surface area contributed by atoms with Crippen molar-refractivity contribution < 1.29 is 29.3 Å². The number of alkyl carbamates (subject to hydrolysis) is 1. The number of carboxylic acid groups (broad SMARTS) is 1. The summed E-state index contributed by atoms with van der Waals surface area (Å²) in [4.78, 5) is 35.4. The number of amides is 2. The summed E-state index contributed by atoms with van der Waals surface area (Å²) in [5.41, 5.74) is 4.52. The highest BCUT2D eigenvalue weighted by atomic mass is 16.5. The van der Waals surface area contributed by atoms with Crippen molar-refractivity contribution >= 4 is 18.0 Å². The molecule has 2 atom stereocenters. The minimum Gasteiger partial charge on any atom is -0.479 e. The highest BCUT2D eigenvalue weighted by Gasteiger charge is 2.29. The molecule has 0 aromatic heterocycles.